The van der Waals surface area contributed by atoms with E-state index >= 15 is 0 Å². The predicted octanol–water partition coefficient (Wildman–Crippen LogP) is 6.36. The molecule has 1 atom stereocenters. The third kappa shape index (κ3) is 3.88. The summed E-state index contributed by atoms with van der Waals surface area (Å²) in [6, 6.07) is 14.0. The third-order valence-electron chi connectivity index (χ3n) is 6.97. The summed E-state index contributed by atoms with van der Waals surface area (Å²) in [5.74, 6) is 0.103. The first-order valence-electron chi connectivity index (χ1n) is 10.8. The maximum Gasteiger partial charge on any atom is 0.128 e. The topological polar surface area (TPSA) is 30.3 Å². The molecule has 5 heteroatoms. The van der Waals surface area contributed by atoms with Crippen LogP contribution >= 0.6 is 11.6 Å². The van der Waals surface area contributed by atoms with Crippen LogP contribution in [0.3, 0.4) is 0 Å². The minimum atomic E-state index is -0.0962. The molecule has 0 amide bonds. The molecule has 0 saturated carbocycles. The minimum absolute atomic E-state index is 0.0962. The molecule has 30 heavy (non-hydrogen) atoms. The highest BCUT2D eigenvalue weighted by Crippen LogP contribution is 2.46. The molecule has 2 fully saturated rings. The fourth-order valence-corrected chi connectivity index (χ4v) is 5.44. The monoisotopic (exact) mass is 425 g/mol. The van der Waals surface area contributed by atoms with E-state index in [0.717, 1.165) is 55.8 Å². The second-order valence-electron chi connectivity index (χ2n) is 9.30. The number of nitrogens with zero attached hydrogens (tertiary/aromatic N) is 3. The molecule has 0 radical (unpaired) electrons. The summed E-state index contributed by atoms with van der Waals surface area (Å²) >= 11 is 6.28. The van der Waals surface area contributed by atoms with Crippen LogP contribution in [0.1, 0.15) is 57.1 Å². The lowest BCUT2D eigenvalue weighted by Crippen LogP contribution is -2.41. The van der Waals surface area contributed by atoms with Crippen LogP contribution in [0.15, 0.2) is 36.4 Å². The first-order chi connectivity index (χ1) is 14.3. The highest BCUT2D eigenvalue weighted by molar-refractivity contribution is 6.32. The summed E-state index contributed by atoms with van der Waals surface area (Å²) < 4.78 is 14.5. The van der Waals surface area contributed by atoms with E-state index in [0.29, 0.717) is 16.6 Å². The van der Waals surface area contributed by atoms with Gasteiger partial charge < -0.3 is 9.80 Å². The average Bonchev–Trinajstić information content (AvgIpc) is 3.03. The third-order valence-corrected chi connectivity index (χ3v) is 7.28. The molecule has 1 spiro atoms. The Morgan fingerprint density at radius 1 is 1.13 bits per heavy atom. The van der Waals surface area contributed by atoms with E-state index < -0.39 is 0 Å². The van der Waals surface area contributed by atoms with Gasteiger partial charge in [0.1, 0.15) is 11.9 Å². The van der Waals surface area contributed by atoms with Gasteiger partial charge in [-0.05, 0) is 73.4 Å². The average molecular weight is 426 g/mol. The van der Waals surface area contributed by atoms with Gasteiger partial charge in [0.2, 0.25) is 0 Å². The molecule has 2 saturated heterocycles. The van der Waals surface area contributed by atoms with E-state index in [2.05, 4.69) is 28.9 Å². The van der Waals surface area contributed by atoms with Crippen LogP contribution < -0.4 is 9.80 Å². The summed E-state index contributed by atoms with van der Waals surface area (Å²) in [4.78, 5) is 4.75. The zero-order chi connectivity index (χ0) is 21.5. The first-order valence-corrected chi connectivity index (χ1v) is 11.2. The molecule has 2 heterocycles. The molecule has 2 aromatic carbocycles. The Bertz CT molecular complexity index is 973. The lowest BCUT2D eigenvalue weighted by Gasteiger charge is -2.40. The molecule has 158 valence electrons. The second-order valence-corrected chi connectivity index (χ2v) is 9.71. The highest BCUT2D eigenvalue weighted by Gasteiger charge is 2.44. The maximum absolute atomic E-state index is 14.5. The molecule has 0 N–H and O–H groups in total. The first kappa shape index (κ1) is 21.0. The van der Waals surface area contributed by atoms with Crippen molar-refractivity contribution in [1.29, 1.82) is 5.26 Å². The van der Waals surface area contributed by atoms with E-state index in [1.54, 1.807) is 6.07 Å². The van der Waals surface area contributed by atoms with E-state index in [4.69, 9.17) is 16.9 Å². The van der Waals surface area contributed by atoms with E-state index in [9.17, 15) is 4.39 Å². The van der Waals surface area contributed by atoms with Gasteiger partial charge in [0.15, 0.2) is 0 Å². The van der Waals surface area contributed by atoms with Crippen molar-refractivity contribution in [1.82, 2.24) is 0 Å². The molecule has 0 aromatic heterocycles. The number of piperidine rings is 1. The van der Waals surface area contributed by atoms with Crippen molar-refractivity contribution in [2.45, 2.75) is 52.0 Å². The molecule has 0 bridgehead atoms. The van der Waals surface area contributed by atoms with Crippen LogP contribution in [-0.2, 0) is 0 Å². The van der Waals surface area contributed by atoms with E-state index in [1.165, 1.54) is 0 Å². The fraction of sp³-hybridized carbons (Fsp3) is 0.480. The van der Waals surface area contributed by atoms with Crippen LogP contribution in [0.2, 0.25) is 5.02 Å². The lowest BCUT2D eigenvalue weighted by molar-refractivity contribution is 0.245. The molecule has 2 aliphatic heterocycles. The van der Waals surface area contributed by atoms with Crippen LogP contribution in [0.25, 0.3) is 0 Å². The molecular formula is C25H29ClFN3. The Kier molecular flexibility index (Phi) is 5.68. The standard InChI is InChI=1S/C25H29ClFN3/c1-17(2)22-7-6-20(13-24(22)27)29-10-8-25(9-11-29)14-18(3)30(16-25)21-5-4-19(15-28)23(26)12-21/h4-7,12-13,17-18H,8-11,14,16H2,1-3H3/t18-/m0/s1. The van der Waals surface area contributed by atoms with Crippen molar-refractivity contribution in [2.24, 2.45) is 5.41 Å². The fourth-order valence-electron chi connectivity index (χ4n) is 5.22. The molecule has 0 unspecified atom stereocenters. The summed E-state index contributed by atoms with van der Waals surface area (Å²) in [5, 5.41) is 9.65. The summed E-state index contributed by atoms with van der Waals surface area (Å²) in [5.41, 5.74) is 3.68. The molecule has 2 aliphatic rings. The van der Waals surface area contributed by atoms with Gasteiger partial charge in [-0.25, -0.2) is 4.39 Å². The van der Waals surface area contributed by atoms with Crippen molar-refractivity contribution in [3.05, 3.63) is 58.4 Å². The summed E-state index contributed by atoms with van der Waals surface area (Å²) in [6.45, 7) is 9.23. The Morgan fingerprint density at radius 2 is 1.83 bits per heavy atom. The highest BCUT2D eigenvalue weighted by atomic mass is 35.5. The Hall–Kier alpha value is -2.25. The van der Waals surface area contributed by atoms with Crippen LogP contribution in [0.5, 0.6) is 0 Å². The maximum atomic E-state index is 14.5. The van der Waals surface area contributed by atoms with E-state index in [1.807, 2.05) is 38.1 Å². The minimum Gasteiger partial charge on any atom is -0.371 e. The molecule has 2 aromatic rings. The molecular weight excluding hydrogens is 397 g/mol. The number of rotatable bonds is 3. The van der Waals surface area contributed by atoms with E-state index in [-0.39, 0.29) is 17.2 Å². The van der Waals surface area contributed by atoms with Gasteiger partial charge in [0.25, 0.3) is 0 Å². The van der Waals surface area contributed by atoms with Gasteiger partial charge in [-0.15, -0.1) is 0 Å². The number of halogens is 2. The summed E-state index contributed by atoms with van der Waals surface area (Å²) in [7, 11) is 0. The largest absolute Gasteiger partial charge is 0.371 e. The van der Waals surface area contributed by atoms with Crippen LogP contribution in [0, 0.1) is 22.6 Å². The zero-order valence-electron chi connectivity index (χ0n) is 18.0. The Labute approximate surface area is 184 Å². The predicted molar refractivity (Wildman–Crippen MR) is 122 cm³/mol. The second kappa shape index (κ2) is 8.12. The number of hydrogen-bond acceptors (Lipinski definition) is 3. The Morgan fingerprint density at radius 3 is 2.43 bits per heavy atom. The Balaban J connectivity index is 1.45. The van der Waals surface area contributed by atoms with Gasteiger partial charge in [-0.2, -0.15) is 5.26 Å². The number of benzene rings is 2. The molecule has 4 rings (SSSR count). The normalized spacial score (nSPS) is 20.8. The van der Waals surface area contributed by atoms with Crippen LogP contribution in [-0.4, -0.2) is 25.7 Å². The summed E-state index contributed by atoms with van der Waals surface area (Å²) in [6.07, 6.45) is 3.36. The SMILES string of the molecule is CC(C)c1ccc(N2CCC3(CC2)C[C@H](C)N(c2ccc(C#N)c(Cl)c2)C3)cc1F. The van der Waals surface area contributed by atoms with Gasteiger partial charge in [0, 0.05) is 37.1 Å². The zero-order valence-corrected chi connectivity index (χ0v) is 18.7. The number of hydrogen-bond donors (Lipinski definition) is 0. The van der Waals surface area contributed by atoms with Gasteiger partial charge in [-0.1, -0.05) is 31.5 Å². The van der Waals surface area contributed by atoms with Crippen molar-refractivity contribution in [3.63, 3.8) is 0 Å². The quantitative estimate of drug-likeness (QED) is 0.573. The number of nitriles is 1. The molecule has 3 nitrogen and oxygen atoms in total. The van der Waals surface area contributed by atoms with Gasteiger partial charge in [0.05, 0.1) is 10.6 Å². The van der Waals surface area contributed by atoms with Crippen LogP contribution in [0.4, 0.5) is 15.8 Å². The number of anilines is 2. The van der Waals surface area contributed by atoms with Crippen molar-refractivity contribution in [2.75, 3.05) is 29.4 Å². The lowest BCUT2D eigenvalue weighted by atomic mass is 9.76. The van der Waals surface area contributed by atoms with Gasteiger partial charge in [-0.3, -0.25) is 0 Å². The van der Waals surface area contributed by atoms with Crippen molar-refractivity contribution >= 4 is 23.0 Å². The van der Waals surface area contributed by atoms with Gasteiger partial charge >= 0.3 is 0 Å². The van der Waals surface area contributed by atoms with Crippen molar-refractivity contribution in [3.8, 4) is 6.07 Å². The molecule has 0 aliphatic carbocycles. The smallest absolute Gasteiger partial charge is 0.128 e. The van der Waals surface area contributed by atoms with Crippen molar-refractivity contribution < 1.29 is 4.39 Å².